The lowest BCUT2D eigenvalue weighted by molar-refractivity contribution is 0.229. The van der Waals surface area contributed by atoms with Crippen molar-refractivity contribution in [2.75, 3.05) is 6.61 Å². The summed E-state index contributed by atoms with van der Waals surface area (Å²) in [6.07, 6.45) is 7.00. The third kappa shape index (κ3) is 2.81. The zero-order valence-corrected chi connectivity index (χ0v) is 11.4. The lowest BCUT2D eigenvalue weighted by Gasteiger charge is -2.22. The summed E-state index contributed by atoms with van der Waals surface area (Å²) in [5, 5.41) is 2.46. The van der Waals surface area contributed by atoms with Crippen molar-refractivity contribution in [3.05, 3.63) is 54.6 Å². The smallest absolute Gasteiger partial charge is 0.127 e. The molecular weight excluding hydrogens is 232 g/mol. The van der Waals surface area contributed by atoms with E-state index in [2.05, 4.69) is 61.5 Å². The fourth-order valence-electron chi connectivity index (χ4n) is 2.87. The average molecular weight is 252 g/mol. The van der Waals surface area contributed by atoms with Crippen LogP contribution in [0.3, 0.4) is 0 Å². The van der Waals surface area contributed by atoms with Gasteiger partial charge in [0.2, 0.25) is 0 Å². The summed E-state index contributed by atoms with van der Waals surface area (Å²) in [5.74, 6) is 2.36. The van der Waals surface area contributed by atoms with Crippen molar-refractivity contribution < 1.29 is 4.74 Å². The number of ether oxygens (including phenoxy) is 1. The first-order valence-corrected chi connectivity index (χ1v) is 7.10. The Hall–Kier alpha value is -1.76. The summed E-state index contributed by atoms with van der Waals surface area (Å²) in [6.45, 7) is 3.10. The van der Waals surface area contributed by atoms with Gasteiger partial charge in [0.15, 0.2) is 0 Å². The Morgan fingerprint density at radius 1 is 1.11 bits per heavy atom. The van der Waals surface area contributed by atoms with E-state index < -0.39 is 0 Å². The Bertz CT molecular complexity index is 580. The van der Waals surface area contributed by atoms with Gasteiger partial charge < -0.3 is 4.74 Å². The van der Waals surface area contributed by atoms with Crippen molar-refractivity contribution >= 4 is 10.8 Å². The molecule has 0 radical (unpaired) electrons. The molecule has 1 nitrogen and oxygen atoms in total. The standard InChI is InChI=1S/C18H20O/c1-14-6-4-7-15(12-14)13-19-18-11-5-9-16-8-2-3-10-17(16)18/h2-6,8-11,14-15H,7,12-13H2,1H3. The molecule has 2 atom stereocenters. The molecule has 0 aliphatic heterocycles. The van der Waals surface area contributed by atoms with Gasteiger partial charge in [0.05, 0.1) is 6.61 Å². The van der Waals surface area contributed by atoms with Gasteiger partial charge in [-0.05, 0) is 36.1 Å². The molecule has 98 valence electrons. The molecule has 1 aliphatic rings. The SMILES string of the molecule is CC1C=CCC(COc2cccc3ccccc23)C1. The highest BCUT2D eigenvalue weighted by Crippen LogP contribution is 2.28. The van der Waals surface area contributed by atoms with Crippen LogP contribution in [-0.4, -0.2) is 6.61 Å². The summed E-state index contributed by atoms with van der Waals surface area (Å²) in [5.41, 5.74) is 0. The number of allylic oxidation sites excluding steroid dienone is 2. The Balaban J connectivity index is 1.73. The van der Waals surface area contributed by atoms with Crippen LogP contribution in [0.5, 0.6) is 5.75 Å². The Morgan fingerprint density at radius 3 is 2.84 bits per heavy atom. The van der Waals surface area contributed by atoms with Crippen LogP contribution >= 0.6 is 0 Å². The normalized spacial score (nSPS) is 22.6. The van der Waals surface area contributed by atoms with Crippen LogP contribution in [0.25, 0.3) is 10.8 Å². The fraction of sp³-hybridized carbons (Fsp3) is 0.333. The molecular formula is C18H20O. The van der Waals surface area contributed by atoms with Gasteiger partial charge in [0.1, 0.15) is 5.75 Å². The first-order chi connectivity index (χ1) is 9.33. The number of rotatable bonds is 3. The third-order valence-corrected chi connectivity index (χ3v) is 3.86. The molecule has 19 heavy (non-hydrogen) atoms. The van der Waals surface area contributed by atoms with Crippen LogP contribution in [0.2, 0.25) is 0 Å². The largest absolute Gasteiger partial charge is 0.493 e. The van der Waals surface area contributed by atoms with Gasteiger partial charge in [-0.25, -0.2) is 0 Å². The molecule has 1 aliphatic carbocycles. The van der Waals surface area contributed by atoms with Gasteiger partial charge in [-0.2, -0.15) is 0 Å². The first-order valence-electron chi connectivity index (χ1n) is 7.10. The van der Waals surface area contributed by atoms with E-state index in [1.165, 1.54) is 17.2 Å². The second-order valence-electron chi connectivity index (χ2n) is 5.53. The number of benzene rings is 2. The van der Waals surface area contributed by atoms with Gasteiger partial charge in [-0.1, -0.05) is 55.5 Å². The maximum absolute atomic E-state index is 6.07. The molecule has 0 aromatic heterocycles. The van der Waals surface area contributed by atoms with Gasteiger partial charge >= 0.3 is 0 Å². The van der Waals surface area contributed by atoms with E-state index in [1.807, 2.05) is 0 Å². The summed E-state index contributed by atoms with van der Waals surface area (Å²) >= 11 is 0. The lowest BCUT2D eigenvalue weighted by atomic mass is 9.88. The van der Waals surface area contributed by atoms with Crippen LogP contribution in [0, 0.1) is 11.8 Å². The van der Waals surface area contributed by atoms with Gasteiger partial charge in [0, 0.05) is 5.39 Å². The van der Waals surface area contributed by atoms with Crippen LogP contribution in [0.1, 0.15) is 19.8 Å². The minimum absolute atomic E-state index is 0.652. The topological polar surface area (TPSA) is 9.23 Å². The summed E-state index contributed by atoms with van der Waals surface area (Å²) in [4.78, 5) is 0. The molecule has 0 saturated carbocycles. The predicted molar refractivity (Wildman–Crippen MR) is 80.5 cm³/mol. The molecule has 0 heterocycles. The lowest BCUT2D eigenvalue weighted by Crippen LogP contribution is -2.16. The molecule has 2 aromatic rings. The Morgan fingerprint density at radius 2 is 1.95 bits per heavy atom. The van der Waals surface area contributed by atoms with E-state index in [-0.39, 0.29) is 0 Å². The van der Waals surface area contributed by atoms with Crippen LogP contribution in [0.4, 0.5) is 0 Å². The van der Waals surface area contributed by atoms with Crippen molar-refractivity contribution in [3.8, 4) is 5.75 Å². The zero-order chi connectivity index (χ0) is 13.1. The molecule has 1 heteroatoms. The molecule has 0 bridgehead atoms. The molecule has 0 saturated heterocycles. The van der Waals surface area contributed by atoms with E-state index in [4.69, 9.17) is 4.74 Å². The minimum atomic E-state index is 0.652. The van der Waals surface area contributed by atoms with Gasteiger partial charge in [0.25, 0.3) is 0 Å². The number of hydrogen-bond donors (Lipinski definition) is 0. The van der Waals surface area contributed by atoms with Crippen molar-refractivity contribution in [3.63, 3.8) is 0 Å². The zero-order valence-electron chi connectivity index (χ0n) is 11.4. The molecule has 0 N–H and O–H groups in total. The van der Waals surface area contributed by atoms with Crippen LogP contribution < -0.4 is 4.74 Å². The quantitative estimate of drug-likeness (QED) is 0.711. The molecule has 0 amide bonds. The molecule has 0 fully saturated rings. The molecule has 2 aromatic carbocycles. The van der Waals surface area contributed by atoms with Crippen molar-refractivity contribution in [1.82, 2.24) is 0 Å². The highest BCUT2D eigenvalue weighted by Gasteiger charge is 2.15. The fourth-order valence-corrected chi connectivity index (χ4v) is 2.87. The van der Waals surface area contributed by atoms with Crippen molar-refractivity contribution in [1.29, 1.82) is 0 Å². The van der Waals surface area contributed by atoms with Gasteiger partial charge in [-0.3, -0.25) is 0 Å². The van der Waals surface area contributed by atoms with E-state index in [0.29, 0.717) is 11.8 Å². The van der Waals surface area contributed by atoms with Crippen LogP contribution in [-0.2, 0) is 0 Å². The second-order valence-corrected chi connectivity index (χ2v) is 5.53. The minimum Gasteiger partial charge on any atom is -0.493 e. The van der Waals surface area contributed by atoms with E-state index in [9.17, 15) is 0 Å². The predicted octanol–water partition coefficient (Wildman–Crippen LogP) is 4.82. The Labute approximate surface area is 114 Å². The monoisotopic (exact) mass is 252 g/mol. The first kappa shape index (κ1) is 12.3. The third-order valence-electron chi connectivity index (χ3n) is 3.86. The molecule has 3 rings (SSSR count). The average Bonchev–Trinajstić information content (AvgIpc) is 2.45. The number of hydrogen-bond acceptors (Lipinski definition) is 1. The maximum atomic E-state index is 6.07. The second kappa shape index (κ2) is 5.48. The highest BCUT2D eigenvalue weighted by atomic mass is 16.5. The maximum Gasteiger partial charge on any atom is 0.127 e. The van der Waals surface area contributed by atoms with E-state index >= 15 is 0 Å². The summed E-state index contributed by atoms with van der Waals surface area (Å²) < 4.78 is 6.07. The van der Waals surface area contributed by atoms with Gasteiger partial charge in [-0.15, -0.1) is 0 Å². The van der Waals surface area contributed by atoms with E-state index in [1.54, 1.807) is 0 Å². The summed E-state index contributed by atoms with van der Waals surface area (Å²) in [7, 11) is 0. The van der Waals surface area contributed by atoms with Crippen molar-refractivity contribution in [2.24, 2.45) is 11.8 Å². The summed E-state index contributed by atoms with van der Waals surface area (Å²) in [6, 6.07) is 14.7. The van der Waals surface area contributed by atoms with Crippen LogP contribution in [0.15, 0.2) is 54.6 Å². The van der Waals surface area contributed by atoms with E-state index in [0.717, 1.165) is 18.8 Å². The van der Waals surface area contributed by atoms with Crippen molar-refractivity contribution in [2.45, 2.75) is 19.8 Å². The number of fused-ring (bicyclic) bond motifs is 1. The Kier molecular flexibility index (Phi) is 3.54. The molecule has 0 spiro atoms. The highest BCUT2D eigenvalue weighted by molar-refractivity contribution is 5.88. The molecule has 2 unspecified atom stereocenters.